The lowest BCUT2D eigenvalue weighted by Crippen LogP contribution is -2.53. The van der Waals surface area contributed by atoms with E-state index < -0.39 is 17.9 Å². The largest absolute Gasteiger partial charge is 0.496 e. The first kappa shape index (κ1) is 23.9. The van der Waals surface area contributed by atoms with Gasteiger partial charge in [-0.15, -0.1) is 0 Å². The molecule has 0 bridgehead atoms. The average molecular weight is 457 g/mol. The standard InChI is InChI=1S/C23H27N3O7/c1-31-18-4-3-5-19(32-2)21(18)22(28)25-17(23(29)30)12-15-6-8-16(9-7-15)26-10-11-33-13-20(26)24-14-27/h3-9,14,17,20H,10-13H2,1-2H3,(H,24,27)(H,25,28)(H,29,30)/t17-,20?/m0/s1. The van der Waals surface area contributed by atoms with Gasteiger partial charge in [0, 0.05) is 18.7 Å². The molecule has 10 heteroatoms. The number of carbonyl (C=O) groups excluding carboxylic acids is 2. The fourth-order valence-electron chi connectivity index (χ4n) is 3.69. The summed E-state index contributed by atoms with van der Waals surface area (Å²) in [5.74, 6) is -1.21. The third-order valence-corrected chi connectivity index (χ3v) is 5.36. The molecule has 0 saturated carbocycles. The Bertz CT molecular complexity index is 958. The van der Waals surface area contributed by atoms with Crippen LogP contribution in [0.15, 0.2) is 42.5 Å². The van der Waals surface area contributed by atoms with Gasteiger partial charge >= 0.3 is 5.97 Å². The van der Waals surface area contributed by atoms with E-state index in [-0.39, 0.29) is 29.6 Å². The summed E-state index contributed by atoms with van der Waals surface area (Å²) in [5, 5.41) is 15.0. The second-order valence-corrected chi connectivity index (χ2v) is 7.34. The smallest absolute Gasteiger partial charge is 0.326 e. The van der Waals surface area contributed by atoms with Crippen LogP contribution in [0.25, 0.3) is 0 Å². The van der Waals surface area contributed by atoms with Gasteiger partial charge in [-0.25, -0.2) is 4.79 Å². The van der Waals surface area contributed by atoms with Crippen molar-refractivity contribution in [1.29, 1.82) is 0 Å². The van der Waals surface area contributed by atoms with Gasteiger partial charge in [-0.3, -0.25) is 9.59 Å². The molecule has 1 aliphatic rings. The number of benzene rings is 2. The maximum Gasteiger partial charge on any atom is 0.326 e. The van der Waals surface area contributed by atoms with Crippen LogP contribution in [0.4, 0.5) is 5.69 Å². The molecule has 3 rings (SSSR count). The van der Waals surface area contributed by atoms with Crippen LogP contribution in [0.5, 0.6) is 11.5 Å². The van der Waals surface area contributed by atoms with Crippen LogP contribution in [0, 0.1) is 0 Å². The molecular weight excluding hydrogens is 430 g/mol. The number of amides is 2. The molecule has 2 amide bonds. The molecule has 176 valence electrons. The number of hydrogen-bond acceptors (Lipinski definition) is 7. The minimum Gasteiger partial charge on any atom is -0.496 e. The lowest BCUT2D eigenvalue weighted by molar-refractivity contribution is -0.139. The number of carboxylic acids is 1. The molecule has 1 heterocycles. The van der Waals surface area contributed by atoms with Crippen LogP contribution in [0.3, 0.4) is 0 Å². The highest BCUT2D eigenvalue weighted by Crippen LogP contribution is 2.28. The van der Waals surface area contributed by atoms with E-state index in [4.69, 9.17) is 14.2 Å². The quantitative estimate of drug-likeness (QED) is 0.452. The van der Waals surface area contributed by atoms with Gasteiger partial charge in [-0.2, -0.15) is 0 Å². The van der Waals surface area contributed by atoms with Gasteiger partial charge in [0.05, 0.1) is 27.4 Å². The Hall–Kier alpha value is -3.79. The molecule has 0 aliphatic carbocycles. The monoisotopic (exact) mass is 457 g/mol. The summed E-state index contributed by atoms with van der Waals surface area (Å²) in [6.45, 7) is 1.53. The Morgan fingerprint density at radius 2 is 1.85 bits per heavy atom. The Balaban J connectivity index is 1.74. The summed E-state index contributed by atoms with van der Waals surface area (Å²) in [4.78, 5) is 37.6. The third kappa shape index (κ3) is 5.72. The number of carbonyl (C=O) groups is 3. The van der Waals surface area contributed by atoms with Crippen LogP contribution in [0.1, 0.15) is 15.9 Å². The van der Waals surface area contributed by atoms with Crippen LogP contribution in [-0.2, 0) is 20.7 Å². The van der Waals surface area contributed by atoms with Gasteiger partial charge in [0.25, 0.3) is 5.91 Å². The van der Waals surface area contributed by atoms with Crippen molar-refractivity contribution in [2.24, 2.45) is 0 Å². The molecule has 2 aromatic carbocycles. The number of nitrogens with one attached hydrogen (secondary N) is 2. The van der Waals surface area contributed by atoms with E-state index in [1.165, 1.54) is 14.2 Å². The van der Waals surface area contributed by atoms with Crippen LogP contribution < -0.4 is 25.0 Å². The summed E-state index contributed by atoms with van der Waals surface area (Å²) in [5.41, 5.74) is 1.73. The number of carboxylic acid groups (broad SMARTS) is 1. The number of morpholine rings is 1. The van der Waals surface area contributed by atoms with E-state index in [9.17, 15) is 19.5 Å². The lowest BCUT2D eigenvalue weighted by atomic mass is 10.0. The lowest BCUT2D eigenvalue weighted by Gasteiger charge is -2.36. The number of nitrogens with zero attached hydrogens (tertiary/aromatic N) is 1. The molecule has 10 nitrogen and oxygen atoms in total. The predicted octanol–water partition coefficient (Wildman–Crippen LogP) is 1.04. The first-order valence-corrected chi connectivity index (χ1v) is 10.4. The van der Waals surface area contributed by atoms with E-state index in [0.29, 0.717) is 26.2 Å². The number of methoxy groups -OCH3 is 2. The second kappa shape index (κ2) is 11.2. The van der Waals surface area contributed by atoms with Crippen molar-refractivity contribution < 1.29 is 33.7 Å². The van der Waals surface area contributed by atoms with Crippen molar-refractivity contribution in [3.05, 3.63) is 53.6 Å². The molecule has 0 aromatic heterocycles. The van der Waals surface area contributed by atoms with E-state index in [0.717, 1.165) is 11.3 Å². The topological polar surface area (TPSA) is 126 Å². The first-order chi connectivity index (χ1) is 16.0. The zero-order chi connectivity index (χ0) is 23.8. The minimum atomic E-state index is -1.16. The number of rotatable bonds is 10. The van der Waals surface area contributed by atoms with E-state index >= 15 is 0 Å². The van der Waals surface area contributed by atoms with Gasteiger partial charge < -0.3 is 34.9 Å². The predicted molar refractivity (Wildman–Crippen MR) is 120 cm³/mol. The molecule has 0 radical (unpaired) electrons. The fourth-order valence-corrected chi connectivity index (χ4v) is 3.69. The van der Waals surface area contributed by atoms with Gasteiger partial charge in [-0.1, -0.05) is 18.2 Å². The molecule has 0 spiro atoms. The van der Waals surface area contributed by atoms with Crippen molar-refractivity contribution in [2.75, 3.05) is 38.9 Å². The van der Waals surface area contributed by atoms with Gasteiger partial charge in [0.1, 0.15) is 29.3 Å². The highest BCUT2D eigenvalue weighted by Gasteiger charge is 2.26. The highest BCUT2D eigenvalue weighted by molar-refractivity contribution is 6.01. The molecule has 33 heavy (non-hydrogen) atoms. The van der Waals surface area contributed by atoms with Crippen LogP contribution in [-0.4, -0.2) is 69.6 Å². The molecule has 1 saturated heterocycles. The van der Waals surface area contributed by atoms with E-state index in [1.54, 1.807) is 30.3 Å². The van der Waals surface area contributed by atoms with Gasteiger partial charge in [0.15, 0.2) is 0 Å². The second-order valence-electron chi connectivity index (χ2n) is 7.34. The minimum absolute atomic E-state index is 0.0813. The van der Waals surface area contributed by atoms with Crippen molar-refractivity contribution in [3.8, 4) is 11.5 Å². The van der Waals surface area contributed by atoms with Crippen molar-refractivity contribution in [3.63, 3.8) is 0 Å². The highest BCUT2D eigenvalue weighted by atomic mass is 16.5. The number of anilines is 1. The molecule has 2 atom stereocenters. The summed E-state index contributed by atoms with van der Waals surface area (Å²) in [6, 6.07) is 11.0. The van der Waals surface area contributed by atoms with Gasteiger partial charge in [0.2, 0.25) is 6.41 Å². The van der Waals surface area contributed by atoms with Crippen molar-refractivity contribution >= 4 is 24.0 Å². The Morgan fingerprint density at radius 3 is 2.42 bits per heavy atom. The molecule has 1 aliphatic heterocycles. The number of hydrogen-bond donors (Lipinski definition) is 3. The Kier molecular flexibility index (Phi) is 8.09. The summed E-state index contributed by atoms with van der Waals surface area (Å²) < 4.78 is 15.9. The van der Waals surface area contributed by atoms with E-state index in [2.05, 4.69) is 10.6 Å². The maximum absolute atomic E-state index is 12.9. The maximum atomic E-state index is 12.9. The van der Waals surface area contributed by atoms with Crippen molar-refractivity contribution in [2.45, 2.75) is 18.6 Å². The SMILES string of the molecule is COc1cccc(OC)c1C(=O)N[C@@H](Cc1ccc(N2CCOCC2NC=O)cc1)C(=O)O. The van der Waals surface area contributed by atoms with Gasteiger partial charge in [-0.05, 0) is 29.8 Å². The summed E-state index contributed by atoms with van der Waals surface area (Å²) >= 11 is 0. The molecule has 1 unspecified atom stereocenters. The molecule has 2 aromatic rings. The number of aliphatic carboxylic acids is 1. The van der Waals surface area contributed by atoms with Crippen LogP contribution in [0.2, 0.25) is 0 Å². The summed E-state index contributed by atoms with van der Waals surface area (Å²) in [7, 11) is 2.84. The van der Waals surface area contributed by atoms with Crippen molar-refractivity contribution in [1.82, 2.24) is 10.6 Å². The number of ether oxygens (including phenoxy) is 3. The van der Waals surface area contributed by atoms with Crippen LogP contribution >= 0.6 is 0 Å². The van der Waals surface area contributed by atoms with E-state index in [1.807, 2.05) is 17.0 Å². The molecule has 1 fully saturated rings. The Morgan fingerprint density at radius 1 is 1.18 bits per heavy atom. The average Bonchev–Trinajstić information content (AvgIpc) is 2.84. The third-order valence-electron chi connectivity index (χ3n) is 5.36. The zero-order valence-corrected chi connectivity index (χ0v) is 18.4. The molecule has 3 N–H and O–H groups in total. The Labute approximate surface area is 191 Å². The molecular formula is C23H27N3O7. The zero-order valence-electron chi connectivity index (χ0n) is 18.4. The normalized spacial score (nSPS) is 16.4. The fraction of sp³-hybridized carbons (Fsp3) is 0.348. The first-order valence-electron chi connectivity index (χ1n) is 10.4. The summed E-state index contributed by atoms with van der Waals surface area (Å²) in [6.07, 6.45) is 0.444.